The maximum absolute atomic E-state index is 12.9. The summed E-state index contributed by atoms with van der Waals surface area (Å²) in [7, 11) is 1.55. The van der Waals surface area contributed by atoms with E-state index in [1.807, 2.05) is 4.90 Å². The number of carbonyl (C=O) groups excluding carboxylic acids is 2. The summed E-state index contributed by atoms with van der Waals surface area (Å²) in [4.78, 5) is 27.6. The lowest BCUT2D eigenvalue weighted by Crippen LogP contribution is -2.51. The first kappa shape index (κ1) is 23.2. The number of halogens is 4. The van der Waals surface area contributed by atoms with E-state index in [9.17, 15) is 22.8 Å². The van der Waals surface area contributed by atoms with Crippen molar-refractivity contribution >= 4 is 29.5 Å². The van der Waals surface area contributed by atoms with Gasteiger partial charge in [-0.05, 0) is 23.8 Å². The summed E-state index contributed by atoms with van der Waals surface area (Å²) < 4.78 is 43.6. The molecule has 2 amide bonds. The van der Waals surface area contributed by atoms with Crippen LogP contribution in [-0.2, 0) is 20.5 Å². The Labute approximate surface area is 172 Å². The molecule has 0 aromatic heterocycles. The number of alkyl halides is 3. The molecule has 1 aliphatic rings. The van der Waals surface area contributed by atoms with Gasteiger partial charge in [0.25, 0.3) is 0 Å². The molecule has 1 saturated heterocycles. The minimum atomic E-state index is -4.56. The number of methoxy groups -OCH3 is 1. The molecule has 2 rings (SSSR count). The smallest absolute Gasteiger partial charge is 0.383 e. The molecule has 10 heteroatoms. The molecule has 0 spiro atoms. The lowest BCUT2D eigenvalue weighted by atomic mass is 10.1. The van der Waals surface area contributed by atoms with Crippen LogP contribution in [0.25, 0.3) is 6.08 Å². The average Bonchev–Trinajstić information content (AvgIpc) is 2.67. The van der Waals surface area contributed by atoms with Crippen LogP contribution >= 0.6 is 11.6 Å². The monoisotopic (exact) mass is 433 g/mol. The Hall–Kier alpha value is -2.10. The number of nitrogens with one attached hydrogen (secondary N) is 1. The van der Waals surface area contributed by atoms with Gasteiger partial charge in [0.1, 0.15) is 0 Å². The van der Waals surface area contributed by atoms with Gasteiger partial charge >= 0.3 is 6.18 Å². The normalized spacial score (nSPS) is 15.7. The predicted molar refractivity (Wildman–Crippen MR) is 103 cm³/mol. The highest BCUT2D eigenvalue weighted by molar-refractivity contribution is 6.31. The number of rotatable bonds is 7. The van der Waals surface area contributed by atoms with Gasteiger partial charge in [0.2, 0.25) is 11.8 Å². The first-order valence-electron chi connectivity index (χ1n) is 9.02. The zero-order valence-corrected chi connectivity index (χ0v) is 16.7. The summed E-state index contributed by atoms with van der Waals surface area (Å²) in [6.07, 6.45) is -1.98. The van der Waals surface area contributed by atoms with E-state index in [1.54, 1.807) is 12.0 Å². The Morgan fingerprint density at radius 2 is 1.93 bits per heavy atom. The van der Waals surface area contributed by atoms with Crippen LogP contribution in [0.2, 0.25) is 5.02 Å². The number of piperazine rings is 1. The average molecular weight is 434 g/mol. The van der Waals surface area contributed by atoms with Gasteiger partial charge in [-0.1, -0.05) is 17.7 Å². The van der Waals surface area contributed by atoms with Crippen molar-refractivity contribution in [2.45, 2.75) is 6.18 Å². The summed E-state index contributed by atoms with van der Waals surface area (Å²) >= 11 is 5.59. The summed E-state index contributed by atoms with van der Waals surface area (Å²) in [5.41, 5.74) is -0.701. The van der Waals surface area contributed by atoms with Gasteiger partial charge in [-0.3, -0.25) is 14.5 Å². The lowest BCUT2D eigenvalue weighted by Gasteiger charge is -2.33. The van der Waals surface area contributed by atoms with E-state index in [4.69, 9.17) is 16.3 Å². The number of hydrogen-bond acceptors (Lipinski definition) is 4. The highest BCUT2D eigenvalue weighted by atomic mass is 35.5. The molecular formula is C19H23ClF3N3O3. The van der Waals surface area contributed by atoms with Crippen molar-refractivity contribution in [3.63, 3.8) is 0 Å². The minimum absolute atomic E-state index is 0.107. The van der Waals surface area contributed by atoms with Gasteiger partial charge in [0, 0.05) is 45.9 Å². The SMILES string of the molecule is COCCNC(=O)CN1CCN(C(=O)/C=C/c2ccc(Cl)c(C(F)(F)F)c2)CC1. The van der Waals surface area contributed by atoms with Crippen LogP contribution in [0.1, 0.15) is 11.1 Å². The molecular weight excluding hydrogens is 411 g/mol. The fraction of sp³-hybridized carbons (Fsp3) is 0.474. The van der Waals surface area contributed by atoms with E-state index in [1.165, 1.54) is 18.2 Å². The third-order valence-electron chi connectivity index (χ3n) is 4.39. The van der Waals surface area contributed by atoms with Gasteiger partial charge < -0.3 is 15.0 Å². The second kappa shape index (κ2) is 10.6. The second-order valence-electron chi connectivity index (χ2n) is 6.51. The van der Waals surface area contributed by atoms with Crippen molar-refractivity contribution < 1.29 is 27.5 Å². The number of hydrogen-bond donors (Lipinski definition) is 1. The quantitative estimate of drug-likeness (QED) is 0.529. The molecule has 0 atom stereocenters. The molecule has 1 heterocycles. The summed E-state index contributed by atoms with van der Waals surface area (Å²) in [5, 5.41) is 2.35. The number of benzene rings is 1. The molecule has 1 N–H and O–H groups in total. The maximum atomic E-state index is 12.9. The second-order valence-corrected chi connectivity index (χ2v) is 6.92. The van der Waals surface area contributed by atoms with Gasteiger partial charge in [0.05, 0.1) is 23.7 Å². The highest BCUT2D eigenvalue weighted by Gasteiger charge is 2.33. The van der Waals surface area contributed by atoms with Gasteiger partial charge in [-0.25, -0.2) is 0 Å². The van der Waals surface area contributed by atoms with Crippen molar-refractivity contribution in [3.8, 4) is 0 Å². The molecule has 1 aromatic carbocycles. The fourth-order valence-corrected chi connectivity index (χ4v) is 3.04. The molecule has 0 aliphatic carbocycles. The van der Waals surface area contributed by atoms with Crippen LogP contribution < -0.4 is 5.32 Å². The van der Waals surface area contributed by atoms with Crippen molar-refractivity contribution in [1.82, 2.24) is 15.1 Å². The Morgan fingerprint density at radius 3 is 2.55 bits per heavy atom. The number of ether oxygens (including phenoxy) is 1. The van der Waals surface area contributed by atoms with Crippen LogP contribution in [0.15, 0.2) is 24.3 Å². The van der Waals surface area contributed by atoms with E-state index >= 15 is 0 Å². The Bertz CT molecular complexity index is 748. The Balaban J connectivity index is 1.85. The number of amides is 2. The van der Waals surface area contributed by atoms with E-state index in [-0.39, 0.29) is 28.9 Å². The van der Waals surface area contributed by atoms with Crippen molar-refractivity contribution in [3.05, 3.63) is 40.4 Å². The predicted octanol–water partition coefficient (Wildman–Crippen LogP) is 2.28. The van der Waals surface area contributed by atoms with Gasteiger partial charge in [0.15, 0.2) is 0 Å². The highest BCUT2D eigenvalue weighted by Crippen LogP contribution is 2.35. The minimum Gasteiger partial charge on any atom is -0.383 e. The molecule has 29 heavy (non-hydrogen) atoms. The van der Waals surface area contributed by atoms with E-state index in [0.29, 0.717) is 39.3 Å². The topological polar surface area (TPSA) is 61.9 Å². The maximum Gasteiger partial charge on any atom is 0.417 e. The van der Waals surface area contributed by atoms with Gasteiger partial charge in [-0.15, -0.1) is 0 Å². The van der Waals surface area contributed by atoms with Gasteiger partial charge in [-0.2, -0.15) is 13.2 Å². The Morgan fingerprint density at radius 1 is 1.24 bits per heavy atom. The zero-order chi connectivity index (χ0) is 21.4. The zero-order valence-electron chi connectivity index (χ0n) is 16.0. The van der Waals surface area contributed by atoms with Crippen LogP contribution in [0, 0.1) is 0 Å². The van der Waals surface area contributed by atoms with Crippen LogP contribution in [0.5, 0.6) is 0 Å². The van der Waals surface area contributed by atoms with Crippen molar-refractivity contribution in [2.75, 3.05) is 53.0 Å². The third-order valence-corrected chi connectivity index (χ3v) is 4.72. The first-order valence-corrected chi connectivity index (χ1v) is 9.40. The summed E-state index contributed by atoms with van der Waals surface area (Å²) in [6, 6.07) is 3.48. The molecule has 6 nitrogen and oxygen atoms in total. The molecule has 1 aliphatic heterocycles. The third kappa shape index (κ3) is 7.34. The van der Waals surface area contributed by atoms with Crippen molar-refractivity contribution in [2.24, 2.45) is 0 Å². The molecule has 1 aromatic rings. The molecule has 0 bridgehead atoms. The molecule has 1 fully saturated rings. The molecule has 0 saturated carbocycles. The largest absolute Gasteiger partial charge is 0.417 e. The summed E-state index contributed by atoms with van der Waals surface area (Å²) in [6.45, 7) is 3.07. The van der Waals surface area contributed by atoms with Crippen LogP contribution in [-0.4, -0.2) is 74.6 Å². The standard InChI is InChI=1S/C19H23ClF3N3O3/c1-29-11-6-24-17(27)13-25-7-9-26(10-8-25)18(28)5-3-14-2-4-16(20)15(12-14)19(21,22)23/h2-5,12H,6-11,13H2,1H3,(H,24,27)/b5-3+. The van der Waals surface area contributed by atoms with E-state index in [0.717, 1.165) is 12.1 Å². The number of nitrogens with zero attached hydrogens (tertiary/aromatic N) is 2. The fourth-order valence-electron chi connectivity index (χ4n) is 2.81. The lowest BCUT2D eigenvalue weighted by molar-refractivity contribution is -0.137. The van der Waals surface area contributed by atoms with Crippen LogP contribution in [0.3, 0.4) is 0 Å². The van der Waals surface area contributed by atoms with Crippen LogP contribution in [0.4, 0.5) is 13.2 Å². The molecule has 160 valence electrons. The van der Waals surface area contributed by atoms with E-state index in [2.05, 4.69) is 5.32 Å². The van der Waals surface area contributed by atoms with E-state index < -0.39 is 11.7 Å². The van der Waals surface area contributed by atoms with Crippen molar-refractivity contribution in [1.29, 1.82) is 0 Å². The molecule has 0 unspecified atom stereocenters. The molecule has 0 radical (unpaired) electrons. The number of carbonyl (C=O) groups is 2. The summed E-state index contributed by atoms with van der Waals surface area (Å²) in [5.74, 6) is -0.400. The first-order chi connectivity index (χ1) is 13.7. The Kier molecular flexibility index (Phi) is 8.48.